The van der Waals surface area contributed by atoms with Crippen molar-refractivity contribution in [1.82, 2.24) is 4.98 Å². The first-order chi connectivity index (χ1) is 12.0. The first kappa shape index (κ1) is 19.0. The van der Waals surface area contributed by atoms with Gasteiger partial charge in [-0.25, -0.2) is 14.2 Å². The predicted octanol–water partition coefficient (Wildman–Crippen LogP) is 4.78. The lowest BCUT2D eigenvalue weighted by atomic mass is 10.3. The summed E-state index contributed by atoms with van der Waals surface area (Å²) in [5.74, 6) is -0.403. The van der Waals surface area contributed by atoms with Crippen LogP contribution in [0.5, 0.6) is 17.4 Å². The summed E-state index contributed by atoms with van der Waals surface area (Å²) in [6.07, 6.45) is 2.34. The SMILES string of the molecule is CCCCOC(=O)[C@@H](C)Oc1ccc(Oc2ncc(Cl)cc2F)cc1. The van der Waals surface area contributed by atoms with E-state index < -0.39 is 17.9 Å². The quantitative estimate of drug-likeness (QED) is 0.496. The van der Waals surface area contributed by atoms with Crippen molar-refractivity contribution in [2.75, 3.05) is 6.61 Å². The van der Waals surface area contributed by atoms with E-state index in [4.69, 9.17) is 25.8 Å². The van der Waals surface area contributed by atoms with Crippen molar-refractivity contribution >= 4 is 17.6 Å². The highest BCUT2D eigenvalue weighted by atomic mass is 35.5. The Balaban J connectivity index is 1.92. The van der Waals surface area contributed by atoms with Crippen LogP contribution in [0, 0.1) is 5.82 Å². The van der Waals surface area contributed by atoms with Crippen LogP contribution in [0.15, 0.2) is 36.5 Å². The summed E-state index contributed by atoms with van der Waals surface area (Å²) < 4.78 is 29.6. The molecule has 2 rings (SSSR count). The highest BCUT2D eigenvalue weighted by Gasteiger charge is 2.16. The van der Waals surface area contributed by atoms with Crippen LogP contribution < -0.4 is 9.47 Å². The molecule has 1 aromatic heterocycles. The second-order valence-corrected chi connectivity index (χ2v) is 5.73. The second-order valence-electron chi connectivity index (χ2n) is 5.30. The van der Waals surface area contributed by atoms with E-state index in [9.17, 15) is 9.18 Å². The fourth-order valence-electron chi connectivity index (χ4n) is 1.86. The van der Waals surface area contributed by atoms with Crippen LogP contribution in [0.1, 0.15) is 26.7 Å². The molecule has 0 aliphatic heterocycles. The minimum Gasteiger partial charge on any atom is -0.479 e. The molecule has 25 heavy (non-hydrogen) atoms. The van der Waals surface area contributed by atoms with Crippen molar-refractivity contribution in [3.63, 3.8) is 0 Å². The maximum absolute atomic E-state index is 13.7. The lowest BCUT2D eigenvalue weighted by Crippen LogP contribution is -2.26. The molecule has 0 spiro atoms. The fraction of sp³-hybridized carbons (Fsp3) is 0.333. The number of ether oxygens (including phenoxy) is 3. The number of hydrogen-bond acceptors (Lipinski definition) is 5. The minimum absolute atomic E-state index is 0.175. The third kappa shape index (κ3) is 5.90. The topological polar surface area (TPSA) is 57.7 Å². The number of benzene rings is 1. The molecule has 1 atom stereocenters. The van der Waals surface area contributed by atoms with Gasteiger partial charge in [-0.05, 0) is 43.7 Å². The number of carbonyl (C=O) groups is 1. The summed E-state index contributed by atoms with van der Waals surface area (Å²) in [5.41, 5.74) is 0. The molecule has 0 aliphatic carbocycles. The van der Waals surface area contributed by atoms with E-state index in [1.807, 2.05) is 6.92 Å². The van der Waals surface area contributed by atoms with Crippen molar-refractivity contribution in [1.29, 1.82) is 0 Å². The van der Waals surface area contributed by atoms with Gasteiger partial charge in [0.2, 0.25) is 0 Å². The number of carbonyl (C=O) groups excluding carboxylic acids is 1. The Morgan fingerprint density at radius 3 is 2.60 bits per heavy atom. The van der Waals surface area contributed by atoms with Crippen LogP contribution >= 0.6 is 11.6 Å². The zero-order valence-electron chi connectivity index (χ0n) is 14.0. The second kappa shape index (κ2) is 9.22. The van der Waals surface area contributed by atoms with Gasteiger partial charge in [0.1, 0.15) is 11.5 Å². The first-order valence-corrected chi connectivity index (χ1v) is 8.29. The summed E-state index contributed by atoms with van der Waals surface area (Å²) in [5, 5.41) is 0.188. The van der Waals surface area contributed by atoms with E-state index in [1.54, 1.807) is 31.2 Å². The average molecular weight is 368 g/mol. The van der Waals surface area contributed by atoms with E-state index in [2.05, 4.69) is 4.98 Å². The summed E-state index contributed by atoms with van der Waals surface area (Å²) in [6, 6.07) is 7.51. The zero-order valence-corrected chi connectivity index (χ0v) is 14.8. The number of halogens is 2. The molecule has 0 amide bonds. The van der Waals surface area contributed by atoms with Gasteiger partial charge in [0.25, 0.3) is 5.88 Å². The van der Waals surface area contributed by atoms with Gasteiger partial charge in [-0.3, -0.25) is 0 Å². The molecule has 7 heteroatoms. The lowest BCUT2D eigenvalue weighted by Gasteiger charge is -2.14. The van der Waals surface area contributed by atoms with Crippen LogP contribution in [0.3, 0.4) is 0 Å². The Morgan fingerprint density at radius 2 is 1.96 bits per heavy atom. The molecule has 0 aliphatic rings. The van der Waals surface area contributed by atoms with E-state index in [0.717, 1.165) is 18.9 Å². The summed E-state index contributed by atoms with van der Waals surface area (Å²) in [6.45, 7) is 4.02. The maximum Gasteiger partial charge on any atom is 0.347 e. The van der Waals surface area contributed by atoms with E-state index in [-0.39, 0.29) is 10.9 Å². The van der Waals surface area contributed by atoms with Crippen LogP contribution in [-0.2, 0) is 9.53 Å². The monoisotopic (exact) mass is 367 g/mol. The van der Waals surface area contributed by atoms with E-state index >= 15 is 0 Å². The molecule has 0 N–H and O–H groups in total. The zero-order chi connectivity index (χ0) is 18.2. The Morgan fingerprint density at radius 1 is 1.28 bits per heavy atom. The summed E-state index contributed by atoms with van der Waals surface area (Å²) >= 11 is 5.64. The molecule has 0 bridgehead atoms. The number of pyridine rings is 1. The smallest absolute Gasteiger partial charge is 0.347 e. The molecule has 0 unspecified atom stereocenters. The highest BCUT2D eigenvalue weighted by molar-refractivity contribution is 6.30. The fourth-order valence-corrected chi connectivity index (χ4v) is 2.01. The van der Waals surface area contributed by atoms with Gasteiger partial charge in [0.05, 0.1) is 11.6 Å². The number of unbranched alkanes of at least 4 members (excludes halogenated alkanes) is 1. The van der Waals surface area contributed by atoms with Crippen molar-refractivity contribution in [3.8, 4) is 17.4 Å². The Kier molecular flexibility index (Phi) is 7.01. The number of nitrogens with zero attached hydrogens (tertiary/aromatic N) is 1. The molecule has 5 nitrogen and oxygen atoms in total. The Bertz CT molecular complexity index is 709. The molecule has 0 fully saturated rings. The lowest BCUT2D eigenvalue weighted by molar-refractivity contribution is -0.151. The molecular weight excluding hydrogens is 349 g/mol. The number of esters is 1. The molecule has 134 valence electrons. The summed E-state index contributed by atoms with van der Waals surface area (Å²) in [7, 11) is 0. The third-order valence-electron chi connectivity index (χ3n) is 3.20. The molecular formula is C18H19ClFNO4. The molecule has 1 aromatic carbocycles. The van der Waals surface area contributed by atoms with Crippen molar-refractivity contribution in [2.45, 2.75) is 32.8 Å². The number of aromatic nitrogens is 1. The van der Waals surface area contributed by atoms with Crippen LogP contribution in [0.25, 0.3) is 0 Å². The van der Waals surface area contributed by atoms with Crippen LogP contribution in [0.2, 0.25) is 5.02 Å². The first-order valence-electron chi connectivity index (χ1n) is 7.92. The maximum atomic E-state index is 13.7. The molecule has 0 radical (unpaired) electrons. The predicted molar refractivity (Wildman–Crippen MR) is 91.7 cm³/mol. The van der Waals surface area contributed by atoms with Gasteiger partial charge >= 0.3 is 5.97 Å². The van der Waals surface area contributed by atoms with Crippen molar-refractivity contribution in [2.24, 2.45) is 0 Å². The standard InChI is InChI=1S/C18H19ClFNO4/c1-3-4-9-23-18(22)12(2)24-14-5-7-15(8-6-14)25-17-16(20)10-13(19)11-21-17/h5-8,10-12H,3-4,9H2,1-2H3/t12-/m1/s1. The van der Waals surface area contributed by atoms with Gasteiger partial charge in [-0.15, -0.1) is 0 Å². The molecule has 2 aromatic rings. The van der Waals surface area contributed by atoms with Gasteiger partial charge in [0.15, 0.2) is 11.9 Å². The van der Waals surface area contributed by atoms with Gasteiger partial charge in [-0.2, -0.15) is 0 Å². The van der Waals surface area contributed by atoms with E-state index in [0.29, 0.717) is 18.1 Å². The average Bonchev–Trinajstić information content (AvgIpc) is 2.59. The normalized spacial score (nSPS) is 11.7. The largest absolute Gasteiger partial charge is 0.479 e. The molecule has 1 heterocycles. The van der Waals surface area contributed by atoms with Crippen molar-refractivity contribution < 1.29 is 23.4 Å². The van der Waals surface area contributed by atoms with Crippen LogP contribution in [0.4, 0.5) is 4.39 Å². The molecule has 0 saturated carbocycles. The van der Waals surface area contributed by atoms with Gasteiger partial charge < -0.3 is 14.2 Å². The van der Waals surface area contributed by atoms with Gasteiger partial charge in [-0.1, -0.05) is 24.9 Å². The number of hydrogen-bond donors (Lipinski definition) is 0. The number of rotatable bonds is 8. The van der Waals surface area contributed by atoms with Crippen LogP contribution in [-0.4, -0.2) is 23.7 Å². The van der Waals surface area contributed by atoms with Gasteiger partial charge in [0, 0.05) is 6.20 Å². The summed E-state index contributed by atoms with van der Waals surface area (Å²) in [4.78, 5) is 15.5. The highest BCUT2D eigenvalue weighted by Crippen LogP contribution is 2.26. The Labute approximate surface area is 150 Å². The van der Waals surface area contributed by atoms with E-state index in [1.165, 1.54) is 6.20 Å². The Hall–Kier alpha value is -2.34. The van der Waals surface area contributed by atoms with Crippen molar-refractivity contribution in [3.05, 3.63) is 47.4 Å². The minimum atomic E-state index is -0.723. The third-order valence-corrected chi connectivity index (χ3v) is 3.41. The molecule has 0 saturated heterocycles.